The first-order chi connectivity index (χ1) is 8.06. The lowest BCUT2D eigenvalue weighted by Gasteiger charge is -2.11. The van der Waals surface area contributed by atoms with Crippen LogP contribution in [-0.2, 0) is 6.61 Å². The van der Waals surface area contributed by atoms with Crippen molar-refractivity contribution in [3.8, 4) is 5.75 Å². The highest BCUT2D eigenvalue weighted by atomic mass is 32.1. The predicted octanol–water partition coefficient (Wildman–Crippen LogP) is 2.62. The summed E-state index contributed by atoms with van der Waals surface area (Å²) in [5.41, 5.74) is 9.04. The van der Waals surface area contributed by atoms with Gasteiger partial charge in [-0.25, -0.2) is 0 Å². The molecule has 0 bridgehead atoms. The maximum absolute atomic E-state index is 5.77. The summed E-state index contributed by atoms with van der Waals surface area (Å²) in [6.07, 6.45) is 0. The van der Waals surface area contributed by atoms with Crippen molar-refractivity contribution in [1.82, 2.24) is 10.2 Å². The number of aromatic nitrogens is 2. The van der Waals surface area contributed by atoms with Gasteiger partial charge in [0.1, 0.15) is 12.4 Å². The summed E-state index contributed by atoms with van der Waals surface area (Å²) in [4.78, 5) is 0. The largest absolute Gasteiger partial charge is 0.486 e. The van der Waals surface area contributed by atoms with Gasteiger partial charge in [0, 0.05) is 0 Å². The molecule has 1 aromatic heterocycles. The second kappa shape index (κ2) is 4.71. The minimum Gasteiger partial charge on any atom is -0.486 e. The van der Waals surface area contributed by atoms with Gasteiger partial charge in [-0.15, -0.1) is 10.2 Å². The van der Waals surface area contributed by atoms with E-state index in [1.54, 1.807) is 0 Å². The van der Waals surface area contributed by atoms with Gasteiger partial charge in [0.2, 0.25) is 5.13 Å². The summed E-state index contributed by atoms with van der Waals surface area (Å²) in [6.45, 7) is 6.59. The number of aryl methyl sites for hydroxylation is 3. The fourth-order valence-corrected chi connectivity index (χ4v) is 2.38. The topological polar surface area (TPSA) is 61.0 Å². The molecule has 2 rings (SSSR count). The van der Waals surface area contributed by atoms with Crippen LogP contribution in [0.5, 0.6) is 5.75 Å². The first-order valence-electron chi connectivity index (χ1n) is 5.35. The van der Waals surface area contributed by atoms with Crippen molar-refractivity contribution in [1.29, 1.82) is 0 Å². The zero-order valence-electron chi connectivity index (χ0n) is 10.2. The molecule has 0 saturated carbocycles. The van der Waals surface area contributed by atoms with E-state index in [1.807, 2.05) is 13.8 Å². The highest BCUT2D eigenvalue weighted by Gasteiger charge is 2.07. The number of nitrogens with zero attached hydrogens (tertiary/aromatic N) is 2. The number of anilines is 1. The monoisotopic (exact) mass is 249 g/mol. The summed E-state index contributed by atoms with van der Waals surface area (Å²) in [5, 5.41) is 8.95. The molecule has 0 atom stereocenters. The van der Waals surface area contributed by atoms with E-state index in [0.717, 1.165) is 21.9 Å². The molecule has 90 valence electrons. The molecule has 1 heterocycles. The van der Waals surface area contributed by atoms with Crippen LogP contribution in [0.1, 0.15) is 21.7 Å². The fraction of sp³-hybridized carbons (Fsp3) is 0.333. The second-order valence-corrected chi connectivity index (χ2v) is 5.14. The number of rotatable bonds is 3. The molecule has 4 nitrogen and oxygen atoms in total. The molecule has 0 spiro atoms. The van der Waals surface area contributed by atoms with Gasteiger partial charge in [0.15, 0.2) is 5.01 Å². The molecule has 0 amide bonds. The maximum atomic E-state index is 5.77. The molecule has 2 N–H and O–H groups in total. The van der Waals surface area contributed by atoms with E-state index in [2.05, 4.69) is 29.3 Å². The third-order valence-electron chi connectivity index (χ3n) is 2.43. The Labute approximate surface area is 104 Å². The number of ether oxygens (including phenoxy) is 1. The highest BCUT2D eigenvalue weighted by Crippen LogP contribution is 2.25. The Balaban J connectivity index is 2.14. The number of hydrogen-bond donors (Lipinski definition) is 1. The first-order valence-corrected chi connectivity index (χ1v) is 6.16. The maximum Gasteiger partial charge on any atom is 0.203 e. The Morgan fingerprint density at radius 3 is 2.35 bits per heavy atom. The lowest BCUT2D eigenvalue weighted by atomic mass is 10.1. The third-order valence-corrected chi connectivity index (χ3v) is 3.15. The van der Waals surface area contributed by atoms with Crippen LogP contribution in [0.4, 0.5) is 5.13 Å². The quantitative estimate of drug-likeness (QED) is 0.908. The number of hydrogen-bond acceptors (Lipinski definition) is 5. The molecule has 5 heteroatoms. The number of nitrogens with two attached hydrogens (primary N) is 1. The van der Waals surface area contributed by atoms with Crippen LogP contribution >= 0.6 is 11.3 Å². The molecule has 2 aromatic rings. The smallest absolute Gasteiger partial charge is 0.203 e. The third kappa shape index (κ3) is 2.74. The van der Waals surface area contributed by atoms with Crippen molar-refractivity contribution in [3.05, 3.63) is 33.8 Å². The van der Waals surface area contributed by atoms with Crippen LogP contribution in [0, 0.1) is 20.8 Å². The Bertz CT molecular complexity index is 513. The van der Waals surface area contributed by atoms with Crippen molar-refractivity contribution in [3.63, 3.8) is 0 Å². The fourth-order valence-electron chi connectivity index (χ4n) is 1.85. The van der Waals surface area contributed by atoms with Gasteiger partial charge < -0.3 is 10.5 Å². The van der Waals surface area contributed by atoms with E-state index in [1.165, 1.54) is 16.9 Å². The van der Waals surface area contributed by atoms with Crippen LogP contribution in [0.3, 0.4) is 0 Å². The van der Waals surface area contributed by atoms with Gasteiger partial charge in [0.05, 0.1) is 0 Å². The zero-order chi connectivity index (χ0) is 12.4. The van der Waals surface area contributed by atoms with Crippen molar-refractivity contribution >= 4 is 16.5 Å². The molecule has 0 saturated heterocycles. The Kier molecular flexibility index (Phi) is 3.28. The Hall–Kier alpha value is -1.62. The summed E-state index contributed by atoms with van der Waals surface area (Å²) in [7, 11) is 0. The predicted molar refractivity (Wildman–Crippen MR) is 69.3 cm³/mol. The van der Waals surface area contributed by atoms with E-state index >= 15 is 0 Å². The van der Waals surface area contributed by atoms with Crippen LogP contribution in [0.25, 0.3) is 0 Å². The van der Waals surface area contributed by atoms with E-state index in [4.69, 9.17) is 10.5 Å². The molecule has 0 aliphatic rings. The number of nitrogen functional groups attached to an aromatic ring is 1. The molecular formula is C12H15N3OS. The Morgan fingerprint density at radius 2 is 1.82 bits per heavy atom. The average Bonchev–Trinajstić information content (AvgIpc) is 2.62. The first kappa shape index (κ1) is 11.9. The molecule has 1 aromatic carbocycles. The standard InChI is InChI=1S/C12H15N3OS/c1-7-4-8(2)11(9(3)5-7)16-6-10-14-15-12(13)17-10/h4-5H,6H2,1-3H3,(H2,13,15). The van der Waals surface area contributed by atoms with E-state index < -0.39 is 0 Å². The van der Waals surface area contributed by atoms with Crippen molar-refractivity contribution in [2.45, 2.75) is 27.4 Å². The SMILES string of the molecule is Cc1cc(C)c(OCc2nnc(N)s2)c(C)c1. The van der Waals surface area contributed by atoms with Gasteiger partial charge in [0.25, 0.3) is 0 Å². The minimum absolute atomic E-state index is 0.416. The van der Waals surface area contributed by atoms with Crippen molar-refractivity contribution in [2.75, 3.05) is 5.73 Å². The average molecular weight is 249 g/mol. The van der Waals surface area contributed by atoms with Crippen molar-refractivity contribution < 1.29 is 4.74 Å². The van der Waals surface area contributed by atoms with E-state index in [0.29, 0.717) is 11.7 Å². The van der Waals surface area contributed by atoms with Gasteiger partial charge in [-0.1, -0.05) is 29.0 Å². The minimum atomic E-state index is 0.416. The lowest BCUT2D eigenvalue weighted by molar-refractivity contribution is 0.300. The molecule has 0 aliphatic heterocycles. The molecule has 0 fully saturated rings. The summed E-state index contributed by atoms with van der Waals surface area (Å²) in [6, 6.07) is 4.22. The number of benzene rings is 1. The molecule has 0 aliphatic carbocycles. The summed E-state index contributed by atoms with van der Waals surface area (Å²) >= 11 is 1.35. The summed E-state index contributed by atoms with van der Waals surface area (Å²) < 4.78 is 5.77. The van der Waals surface area contributed by atoms with Crippen LogP contribution in [0.15, 0.2) is 12.1 Å². The lowest BCUT2D eigenvalue weighted by Crippen LogP contribution is -1.99. The highest BCUT2D eigenvalue weighted by molar-refractivity contribution is 7.15. The van der Waals surface area contributed by atoms with Gasteiger partial charge >= 0.3 is 0 Å². The Morgan fingerprint density at radius 1 is 1.18 bits per heavy atom. The van der Waals surface area contributed by atoms with Crippen LogP contribution in [0.2, 0.25) is 0 Å². The molecule has 0 unspecified atom stereocenters. The van der Waals surface area contributed by atoms with Gasteiger partial charge in [-0.2, -0.15) is 0 Å². The molecule has 0 radical (unpaired) electrons. The molecule has 17 heavy (non-hydrogen) atoms. The van der Waals surface area contributed by atoms with Gasteiger partial charge in [-0.05, 0) is 31.9 Å². The van der Waals surface area contributed by atoms with E-state index in [-0.39, 0.29) is 0 Å². The van der Waals surface area contributed by atoms with Crippen LogP contribution < -0.4 is 10.5 Å². The zero-order valence-corrected chi connectivity index (χ0v) is 11.0. The van der Waals surface area contributed by atoms with Gasteiger partial charge in [-0.3, -0.25) is 0 Å². The van der Waals surface area contributed by atoms with E-state index in [9.17, 15) is 0 Å². The second-order valence-electron chi connectivity index (χ2n) is 4.05. The van der Waals surface area contributed by atoms with Crippen LogP contribution in [-0.4, -0.2) is 10.2 Å². The normalized spacial score (nSPS) is 10.5. The van der Waals surface area contributed by atoms with Crippen molar-refractivity contribution in [2.24, 2.45) is 0 Å². The summed E-state index contributed by atoms with van der Waals surface area (Å²) in [5.74, 6) is 0.921. The molecular weight excluding hydrogens is 234 g/mol.